The van der Waals surface area contributed by atoms with E-state index in [9.17, 15) is 0 Å². The highest BCUT2D eigenvalue weighted by molar-refractivity contribution is 6.97. The van der Waals surface area contributed by atoms with Crippen molar-refractivity contribution in [3.63, 3.8) is 0 Å². The van der Waals surface area contributed by atoms with Gasteiger partial charge in [0.25, 0.3) is 0 Å². The van der Waals surface area contributed by atoms with E-state index in [4.69, 9.17) is 0 Å². The second-order valence-electron chi connectivity index (χ2n) is 15.3. The van der Waals surface area contributed by atoms with Gasteiger partial charge in [0.05, 0.1) is 0 Å². The number of aromatic nitrogens is 2. The largest absolute Gasteiger partial charge is 0.310 e. The number of anilines is 3. The molecule has 272 valence electrons. The van der Waals surface area contributed by atoms with Crippen LogP contribution in [0.4, 0.5) is 17.1 Å². The quantitative estimate of drug-likeness (QED) is 0.117. The lowest BCUT2D eigenvalue weighted by Gasteiger charge is -2.38. The zero-order chi connectivity index (χ0) is 38.4. The van der Waals surface area contributed by atoms with Crippen molar-refractivity contribution in [3.8, 4) is 22.3 Å². The lowest BCUT2D eigenvalue weighted by Crippen LogP contribution is -2.67. The summed E-state index contributed by atoms with van der Waals surface area (Å²) in [4.78, 5) is 2.38. The molecule has 0 aliphatic carbocycles. The molecule has 0 radical (unpaired) electrons. The summed E-state index contributed by atoms with van der Waals surface area (Å²) in [6.07, 6.45) is 9.05. The molecule has 4 heteroatoms. The van der Waals surface area contributed by atoms with E-state index in [0.717, 1.165) is 17.1 Å². The molecule has 58 heavy (non-hydrogen) atoms. The summed E-state index contributed by atoms with van der Waals surface area (Å²) in [6.45, 7) is 0.0618. The number of benzene rings is 7. The zero-order valence-corrected chi connectivity index (χ0v) is 32.0. The fourth-order valence-corrected chi connectivity index (χ4v) is 9.59. The monoisotopic (exact) mass is 741 g/mol. The maximum absolute atomic E-state index is 2.46. The Morgan fingerprint density at radius 3 is 1.48 bits per heavy atom. The molecule has 2 aliphatic heterocycles. The van der Waals surface area contributed by atoms with Crippen molar-refractivity contribution in [3.05, 3.63) is 253 Å². The number of rotatable bonds is 7. The van der Waals surface area contributed by atoms with Gasteiger partial charge in [-0.15, -0.1) is 0 Å². The molecule has 7 aromatic carbocycles. The van der Waals surface area contributed by atoms with Crippen LogP contribution in [0.1, 0.15) is 34.3 Å². The third kappa shape index (κ3) is 5.76. The van der Waals surface area contributed by atoms with E-state index >= 15 is 0 Å². The number of pyridine rings is 2. The Bertz CT molecular complexity index is 2860. The maximum atomic E-state index is 2.46. The Morgan fingerprint density at radius 2 is 0.845 bits per heavy atom. The van der Waals surface area contributed by atoms with Crippen molar-refractivity contribution in [2.45, 2.75) is 12.1 Å². The molecule has 2 unspecified atom stereocenters. The molecular weight excluding hydrogens is 701 g/mol. The predicted molar refractivity (Wildman–Crippen MR) is 237 cm³/mol. The molecule has 3 nitrogen and oxygen atoms in total. The van der Waals surface area contributed by atoms with Crippen molar-refractivity contribution in [2.24, 2.45) is 0 Å². The van der Waals surface area contributed by atoms with Crippen molar-refractivity contribution >= 4 is 40.2 Å². The third-order valence-electron chi connectivity index (χ3n) is 12.1. The van der Waals surface area contributed by atoms with Crippen LogP contribution in [0.15, 0.2) is 231 Å². The summed E-state index contributed by atoms with van der Waals surface area (Å²) in [5, 5.41) is 0. The number of hydrogen-bond acceptors (Lipinski definition) is 1. The van der Waals surface area contributed by atoms with Gasteiger partial charge in [-0.3, -0.25) is 0 Å². The molecule has 0 saturated carbocycles. The summed E-state index contributed by atoms with van der Waals surface area (Å²) in [5.41, 5.74) is 17.7. The van der Waals surface area contributed by atoms with Crippen LogP contribution in [0, 0.1) is 0 Å². The van der Waals surface area contributed by atoms with E-state index in [1.165, 1.54) is 60.9 Å². The standard InChI is InChI=1S/C54H40BN3/c1-6-18-39(19-7-1)41-29-31-50-48(36-41)54(57-35-17-22-42(38-57)40-20-8-2-9-21-40)47-28-16-27-46-52(47)55(50)51-32-30-45(37-49(51)53(46)56-33-14-5-15-34-56)58(43-23-10-3-11-24-43)44-25-12-4-13-26-44/h1-38,53-54H/q+2. The van der Waals surface area contributed by atoms with Crippen molar-refractivity contribution in [1.82, 2.24) is 0 Å². The zero-order valence-electron chi connectivity index (χ0n) is 32.0. The summed E-state index contributed by atoms with van der Waals surface area (Å²) in [5.74, 6) is 0. The molecule has 0 amide bonds. The first-order chi connectivity index (χ1) is 28.8. The van der Waals surface area contributed by atoms with E-state index in [0.29, 0.717) is 0 Å². The van der Waals surface area contributed by atoms with Gasteiger partial charge >= 0.3 is 0 Å². The minimum Gasteiger partial charge on any atom is -0.310 e. The molecule has 2 atom stereocenters. The van der Waals surface area contributed by atoms with E-state index in [1.54, 1.807) is 0 Å². The van der Waals surface area contributed by atoms with Gasteiger partial charge in [0.1, 0.15) is 0 Å². The molecule has 0 bridgehead atoms. The van der Waals surface area contributed by atoms with E-state index < -0.39 is 0 Å². The van der Waals surface area contributed by atoms with E-state index in [1.807, 2.05) is 0 Å². The molecular formula is C54H40BN3+2. The number of fused-ring (bicyclic) bond motifs is 4. The van der Waals surface area contributed by atoms with Crippen molar-refractivity contribution in [1.29, 1.82) is 0 Å². The van der Waals surface area contributed by atoms with Crippen LogP contribution < -0.4 is 30.4 Å². The summed E-state index contributed by atoms with van der Waals surface area (Å²) in [7, 11) is 0. The van der Waals surface area contributed by atoms with Crippen molar-refractivity contribution in [2.75, 3.05) is 4.90 Å². The number of nitrogens with zero attached hydrogens (tertiary/aromatic N) is 3. The average molecular weight is 742 g/mol. The van der Waals surface area contributed by atoms with Crippen LogP contribution in [0.25, 0.3) is 22.3 Å². The van der Waals surface area contributed by atoms with Crippen LogP contribution in [0.2, 0.25) is 0 Å². The van der Waals surface area contributed by atoms with Crippen LogP contribution in [0.5, 0.6) is 0 Å². The normalized spacial score (nSPS) is 14.9. The Kier molecular flexibility index (Phi) is 8.40. The first-order valence-corrected chi connectivity index (χ1v) is 20.2. The summed E-state index contributed by atoms with van der Waals surface area (Å²) >= 11 is 0. The Balaban J connectivity index is 1.17. The topological polar surface area (TPSA) is 11.0 Å². The highest BCUT2D eigenvalue weighted by Crippen LogP contribution is 2.39. The molecule has 11 rings (SSSR count). The van der Waals surface area contributed by atoms with Gasteiger partial charge in [-0.1, -0.05) is 150 Å². The third-order valence-corrected chi connectivity index (χ3v) is 12.1. The first-order valence-electron chi connectivity index (χ1n) is 20.2. The van der Waals surface area contributed by atoms with Gasteiger partial charge in [0.2, 0.25) is 18.8 Å². The molecule has 0 spiro atoms. The van der Waals surface area contributed by atoms with Crippen molar-refractivity contribution < 1.29 is 9.13 Å². The summed E-state index contributed by atoms with van der Waals surface area (Å²) < 4.78 is 4.85. The molecule has 0 N–H and O–H groups in total. The second kappa shape index (κ2) is 14.3. The number of hydrogen-bond donors (Lipinski definition) is 0. The van der Waals surface area contributed by atoms with E-state index in [2.05, 4.69) is 245 Å². The second-order valence-corrected chi connectivity index (χ2v) is 15.3. The minimum atomic E-state index is -0.0257. The Labute approximate surface area is 340 Å². The van der Waals surface area contributed by atoms with Crippen LogP contribution >= 0.6 is 0 Å². The van der Waals surface area contributed by atoms with Gasteiger partial charge in [0, 0.05) is 63.1 Å². The molecule has 4 heterocycles. The van der Waals surface area contributed by atoms with Gasteiger partial charge in [0.15, 0.2) is 24.8 Å². The van der Waals surface area contributed by atoms with Gasteiger partial charge < -0.3 is 4.90 Å². The van der Waals surface area contributed by atoms with Gasteiger partial charge in [-0.2, -0.15) is 9.13 Å². The van der Waals surface area contributed by atoms with Gasteiger partial charge in [-0.05, 0) is 70.7 Å². The maximum Gasteiger partial charge on any atom is 0.244 e. The van der Waals surface area contributed by atoms with Crippen LogP contribution in [0.3, 0.4) is 0 Å². The SMILES string of the molecule is c1ccc(-c2ccc3c(c2)C([n+]2cccc(-c4ccccc4)c2)c2cccc4c2B3c2ccc(N(c3ccccc3)c3ccccc3)cc2C4[n+]2ccccc2)cc1. The average Bonchev–Trinajstić information content (AvgIpc) is 3.30. The fraction of sp³-hybridized carbons (Fsp3) is 0.0370. The number of para-hydroxylation sites is 2. The molecule has 2 aromatic heterocycles. The highest BCUT2D eigenvalue weighted by Gasteiger charge is 2.48. The smallest absolute Gasteiger partial charge is 0.244 e. The lowest BCUT2D eigenvalue weighted by atomic mass is 9.30. The summed E-state index contributed by atoms with van der Waals surface area (Å²) in [6, 6.07) is 75.3. The Morgan fingerprint density at radius 1 is 0.345 bits per heavy atom. The van der Waals surface area contributed by atoms with Crippen LogP contribution in [-0.4, -0.2) is 6.71 Å². The fourth-order valence-electron chi connectivity index (χ4n) is 9.59. The molecule has 0 saturated heterocycles. The highest BCUT2D eigenvalue weighted by atomic mass is 15.1. The minimum absolute atomic E-state index is 0.0255. The lowest BCUT2D eigenvalue weighted by molar-refractivity contribution is -0.705. The predicted octanol–water partition coefficient (Wildman–Crippen LogP) is 9.48. The Hall–Kier alpha value is -7.30. The molecule has 9 aromatic rings. The molecule has 2 aliphatic rings. The molecule has 0 fully saturated rings. The van der Waals surface area contributed by atoms with E-state index in [-0.39, 0.29) is 18.8 Å². The first kappa shape index (κ1) is 34.0. The van der Waals surface area contributed by atoms with Crippen LogP contribution in [-0.2, 0) is 0 Å². The van der Waals surface area contributed by atoms with Gasteiger partial charge in [-0.25, -0.2) is 0 Å².